The monoisotopic (exact) mass is 472 g/mol. The normalized spacial score (nSPS) is 13.5. The van der Waals surface area contributed by atoms with Gasteiger partial charge in [0.2, 0.25) is 0 Å². The molecule has 0 bridgehead atoms. The van der Waals surface area contributed by atoms with Gasteiger partial charge in [0.1, 0.15) is 17.2 Å². The number of fused-ring (bicyclic) bond motifs is 1. The van der Waals surface area contributed by atoms with E-state index in [0.717, 1.165) is 33.5 Å². The number of aromatic nitrogens is 4. The minimum Gasteiger partial charge on any atom is -0.496 e. The number of aliphatic hydroxyl groups is 2. The zero-order valence-corrected chi connectivity index (χ0v) is 19.6. The molecule has 4 aromatic rings. The first kappa shape index (κ1) is 23.2. The molecule has 4 rings (SSSR count). The molecule has 0 fully saturated rings. The van der Waals surface area contributed by atoms with Gasteiger partial charge in [-0.2, -0.15) is 5.10 Å². The van der Waals surface area contributed by atoms with Crippen LogP contribution < -0.4 is 4.74 Å². The summed E-state index contributed by atoms with van der Waals surface area (Å²) in [4.78, 5) is 7.77. The molecule has 0 aliphatic carbocycles. The number of rotatable bonds is 7. The highest BCUT2D eigenvalue weighted by Gasteiger charge is 2.24. The van der Waals surface area contributed by atoms with Gasteiger partial charge in [-0.15, -0.1) is 0 Å². The molecule has 174 valence electrons. The minimum atomic E-state index is -0.889. The molecule has 33 heavy (non-hydrogen) atoms. The molecule has 0 saturated heterocycles. The third-order valence-corrected chi connectivity index (χ3v) is 6.42. The molecule has 0 spiro atoms. The number of methoxy groups -OCH3 is 1. The first-order valence-corrected chi connectivity index (χ1v) is 11.0. The fraction of sp³-hybridized carbons (Fsp3) is 0.333. The molecule has 0 radical (unpaired) electrons. The van der Waals surface area contributed by atoms with E-state index in [4.69, 9.17) is 16.3 Å². The van der Waals surface area contributed by atoms with Crippen LogP contribution in [0.2, 0.25) is 5.02 Å². The van der Waals surface area contributed by atoms with Gasteiger partial charge in [-0.05, 0) is 37.6 Å². The van der Waals surface area contributed by atoms with E-state index in [1.807, 2.05) is 33.0 Å². The van der Waals surface area contributed by atoms with E-state index in [-0.39, 0.29) is 24.1 Å². The predicted molar refractivity (Wildman–Crippen MR) is 125 cm³/mol. The Morgan fingerprint density at radius 3 is 2.76 bits per heavy atom. The Morgan fingerprint density at radius 1 is 1.30 bits per heavy atom. The van der Waals surface area contributed by atoms with Gasteiger partial charge >= 0.3 is 0 Å². The maximum atomic E-state index is 14.3. The lowest BCUT2D eigenvalue weighted by atomic mass is 9.91. The van der Waals surface area contributed by atoms with Crippen LogP contribution in [-0.4, -0.2) is 49.8 Å². The van der Waals surface area contributed by atoms with Crippen LogP contribution in [0.3, 0.4) is 0 Å². The zero-order valence-electron chi connectivity index (χ0n) is 18.9. The minimum absolute atomic E-state index is 0.0377. The summed E-state index contributed by atoms with van der Waals surface area (Å²) in [5.41, 5.74) is 5.61. The average Bonchev–Trinajstić information content (AvgIpc) is 3.34. The first-order valence-electron chi connectivity index (χ1n) is 10.6. The van der Waals surface area contributed by atoms with Crippen molar-refractivity contribution in [1.82, 2.24) is 19.7 Å². The molecule has 3 aromatic heterocycles. The van der Waals surface area contributed by atoms with Crippen molar-refractivity contribution in [3.8, 4) is 16.9 Å². The molecule has 0 saturated carbocycles. The number of aliphatic hydroxyl groups excluding tert-OH is 2. The van der Waals surface area contributed by atoms with E-state index in [9.17, 15) is 14.6 Å². The number of hydrogen-bond donors (Lipinski definition) is 3. The molecule has 3 N–H and O–H groups in total. The number of hydrogen-bond acceptors (Lipinski definition) is 5. The van der Waals surface area contributed by atoms with Gasteiger partial charge in [-0.1, -0.05) is 18.5 Å². The van der Waals surface area contributed by atoms with Gasteiger partial charge in [0.15, 0.2) is 0 Å². The lowest BCUT2D eigenvalue weighted by Crippen LogP contribution is -2.21. The Labute approximate surface area is 195 Å². The van der Waals surface area contributed by atoms with Crippen LogP contribution in [0.15, 0.2) is 30.6 Å². The molecule has 0 aliphatic heterocycles. The van der Waals surface area contributed by atoms with Crippen molar-refractivity contribution in [2.24, 2.45) is 0 Å². The summed E-state index contributed by atoms with van der Waals surface area (Å²) in [5.74, 6) is -0.247. The quantitative estimate of drug-likeness (QED) is 0.371. The maximum Gasteiger partial charge on any atom is 0.142 e. The summed E-state index contributed by atoms with van der Waals surface area (Å²) in [5, 5.41) is 24.5. The number of halogens is 2. The Hall–Kier alpha value is -2.94. The van der Waals surface area contributed by atoms with Crippen molar-refractivity contribution in [2.45, 2.75) is 39.3 Å². The van der Waals surface area contributed by atoms with Crippen molar-refractivity contribution >= 4 is 22.6 Å². The van der Waals surface area contributed by atoms with E-state index in [1.165, 1.54) is 13.2 Å². The summed E-state index contributed by atoms with van der Waals surface area (Å²) in [6.45, 7) is 5.62. The highest BCUT2D eigenvalue weighted by Crippen LogP contribution is 2.41. The van der Waals surface area contributed by atoms with Gasteiger partial charge in [-0.25, -0.2) is 9.37 Å². The number of aromatic amines is 1. The number of benzene rings is 1. The topological polar surface area (TPSA) is 96.2 Å². The Morgan fingerprint density at radius 2 is 2.06 bits per heavy atom. The van der Waals surface area contributed by atoms with Crippen molar-refractivity contribution < 1.29 is 19.3 Å². The summed E-state index contributed by atoms with van der Waals surface area (Å²) >= 11 is 6.33. The second kappa shape index (κ2) is 9.13. The highest BCUT2D eigenvalue weighted by molar-refractivity contribution is 6.31. The third-order valence-electron chi connectivity index (χ3n) is 6.04. The van der Waals surface area contributed by atoms with Crippen molar-refractivity contribution in [3.05, 3.63) is 63.9 Å². The fourth-order valence-electron chi connectivity index (χ4n) is 4.35. The second-order valence-electron chi connectivity index (χ2n) is 8.13. The lowest BCUT2D eigenvalue weighted by Gasteiger charge is -2.17. The van der Waals surface area contributed by atoms with Crippen molar-refractivity contribution in [1.29, 1.82) is 0 Å². The number of H-pyrrole nitrogens is 1. The average molecular weight is 473 g/mol. The van der Waals surface area contributed by atoms with Crippen LogP contribution in [0, 0.1) is 19.7 Å². The number of pyridine rings is 1. The number of nitrogens with one attached hydrogen (secondary N) is 1. The van der Waals surface area contributed by atoms with E-state index >= 15 is 0 Å². The van der Waals surface area contributed by atoms with E-state index in [0.29, 0.717) is 17.0 Å². The van der Waals surface area contributed by atoms with Gasteiger partial charge in [-0.3, -0.25) is 4.68 Å². The smallest absolute Gasteiger partial charge is 0.142 e. The number of aryl methyl sites for hydroxylation is 1. The van der Waals surface area contributed by atoms with Crippen LogP contribution >= 0.6 is 11.6 Å². The molecule has 7 nitrogen and oxygen atoms in total. The van der Waals surface area contributed by atoms with Crippen LogP contribution in [0.25, 0.3) is 22.2 Å². The van der Waals surface area contributed by atoms with Crippen molar-refractivity contribution in [3.63, 3.8) is 0 Å². The van der Waals surface area contributed by atoms with Gasteiger partial charge < -0.3 is 19.9 Å². The SMILES string of the molecule is COc1ccc(F)c(Cl)c1[C@@H](C)c1c[nH]c2ncc(-c3c(C)nn(C[C@@H](O)CO)c3C)cc12. The molecule has 0 unspecified atom stereocenters. The van der Waals surface area contributed by atoms with Crippen LogP contribution in [0.4, 0.5) is 4.39 Å². The summed E-state index contributed by atoms with van der Waals surface area (Å²) in [6.07, 6.45) is 2.74. The predicted octanol–water partition coefficient (Wildman–Crippen LogP) is 4.35. The number of ether oxygens (including phenoxy) is 1. The van der Waals surface area contributed by atoms with Gasteiger partial charge in [0.05, 0.1) is 37.1 Å². The molecular formula is C24H26ClFN4O3. The molecular weight excluding hydrogens is 447 g/mol. The Balaban J connectivity index is 1.81. The summed E-state index contributed by atoms with van der Waals surface area (Å²) in [6, 6.07) is 4.89. The molecule has 0 aliphatic rings. The molecule has 9 heteroatoms. The Bertz CT molecular complexity index is 1320. The fourth-order valence-corrected chi connectivity index (χ4v) is 4.67. The maximum absolute atomic E-state index is 14.3. The zero-order chi connectivity index (χ0) is 23.9. The van der Waals surface area contributed by atoms with E-state index in [2.05, 4.69) is 15.1 Å². The largest absolute Gasteiger partial charge is 0.496 e. The lowest BCUT2D eigenvalue weighted by molar-refractivity contribution is 0.0777. The van der Waals surface area contributed by atoms with Crippen LogP contribution in [0.1, 0.15) is 35.4 Å². The molecule has 2 atom stereocenters. The third kappa shape index (κ3) is 4.10. The second-order valence-corrected chi connectivity index (χ2v) is 8.51. The van der Waals surface area contributed by atoms with Gasteiger partial charge in [0.25, 0.3) is 0 Å². The summed E-state index contributed by atoms with van der Waals surface area (Å²) in [7, 11) is 1.53. The van der Waals surface area contributed by atoms with Crippen molar-refractivity contribution in [2.75, 3.05) is 13.7 Å². The summed E-state index contributed by atoms with van der Waals surface area (Å²) < 4.78 is 21.4. The Kier molecular flexibility index (Phi) is 6.43. The van der Waals surface area contributed by atoms with E-state index in [1.54, 1.807) is 16.9 Å². The molecule has 1 aromatic carbocycles. The van der Waals surface area contributed by atoms with E-state index < -0.39 is 11.9 Å². The van der Waals surface area contributed by atoms with Gasteiger partial charge in [0, 0.05) is 46.1 Å². The standard InChI is InChI=1S/C24H26ClFN4O3/c1-12(21-20(33-4)6-5-19(26)23(21)25)18-9-28-24-17(18)7-15(8-27-24)22-13(2)29-30(14(22)3)10-16(32)11-31/h5-9,12,16,31-32H,10-11H2,1-4H3,(H,27,28)/t12-,16+/m0/s1. The first-order chi connectivity index (χ1) is 15.8. The van der Waals surface area contributed by atoms with Crippen LogP contribution in [0.5, 0.6) is 5.75 Å². The number of nitrogens with zero attached hydrogens (tertiary/aromatic N) is 3. The van der Waals surface area contributed by atoms with Crippen LogP contribution in [-0.2, 0) is 6.54 Å². The highest BCUT2D eigenvalue weighted by atomic mass is 35.5. The molecule has 0 amide bonds. The molecule has 3 heterocycles.